The molecule has 0 radical (unpaired) electrons. The van der Waals surface area contributed by atoms with E-state index in [2.05, 4.69) is 14.9 Å². The van der Waals surface area contributed by atoms with Crippen LogP contribution in [-0.4, -0.2) is 24.7 Å². The van der Waals surface area contributed by atoms with Crippen molar-refractivity contribution in [2.24, 2.45) is 5.92 Å². The number of sulfonamides is 1. The van der Waals surface area contributed by atoms with Crippen LogP contribution in [0.25, 0.3) is 0 Å². The van der Waals surface area contributed by atoms with Gasteiger partial charge in [0.1, 0.15) is 10.9 Å². The van der Waals surface area contributed by atoms with Crippen LogP contribution >= 0.6 is 0 Å². The van der Waals surface area contributed by atoms with Crippen LogP contribution in [0.1, 0.15) is 18.5 Å². The van der Waals surface area contributed by atoms with E-state index in [9.17, 15) is 8.42 Å². The van der Waals surface area contributed by atoms with E-state index in [0.717, 1.165) is 12.8 Å². The fraction of sp³-hybridized carbons (Fsp3) is 0.556. The van der Waals surface area contributed by atoms with Gasteiger partial charge in [0.2, 0.25) is 10.0 Å². The number of nitriles is 1. The maximum Gasteiger partial charge on any atom is 0.245 e. The molecule has 1 fully saturated rings. The van der Waals surface area contributed by atoms with Gasteiger partial charge < -0.3 is 0 Å². The molecule has 1 saturated carbocycles. The van der Waals surface area contributed by atoms with Crippen LogP contribution in [0.2, 0.25) is 0 Å². The van der Waals surface area contributed by atoms with Gasteiger partial charge >= 0.3 is 0 Å². The monoisotopic (exact) mass is 240 g/mol. The molecule has 1 heterocycles. The van der Waals surface area contributed by atoms with E-state index in [0.29, 0.717) is 5.69 Å². The van der Waals surface area contributed by atoms with E-state index in [1.165, 1.54) is 6.20 Å². The third kappa shape index (κ3) is 2.08. The zero-order chi connectivity index (χ0) is 11.8. The number of aromatic amines is 1. The van der Waals surface area contributed by atoms with Crippen LogP contribution in [0, 0.1) is 24.2 Å². The predicted octanol–water partition coefficient (Wildman–Crippen LogP) is 0.299. The van der Waals surface area contributed by atoms with Gasteiger partial charge in [0.05, 0.1) is 18.0 Å². The van der Waals surface area contributed by atoms with Crippen LogP contribution < -0.4 is 4.72 Å². The van der Waals surface area contributed by atoms with Gasteiger partial charge in [0.15, 0.2) is 0 Å². The largest absolute Gasteiger partial charge is 0.281 e. The van der Waals surface area contributed by atoms with E-state index in [1.807, 2.05) is 6.07 Å². The van der Waals surface area contributed by atoms with Crippen molar-refractivity contribution in [3.05, 3.63) is 11.9 Å². The number of hydrogen-bond donors (Lipinski definition) is 2. The van der Waals surface area contributed by atoms with E-state index < -0.39 is 16.1 Å². The van der Waals surface area contributed by atoms with Gasteiger partial charge in [-0.2, -0.15) is 15.1 Å². The summed E-state index contributed by atoms with van der Waals surface area (Å²) in [5.41, 5.74) is 0.472. The normalized spacial score (nSPS) is 18.0. The highest BCUT2D eigenvalue weighted by atomic mass is 32.2. The predicted molar refractivity (Wildman–Crippen MR) is 55.8 cm³/mol. The maximum absolute atomic E-state index is 11.9. The van der Waals surface area contributed by atoms with Crippen molar-refractivity contribution in [1.29, 1.82) is 5.26 Å². The molecule has 1 unspecified atom stereocenters. The number of nitrogens with zero attached hydrogens (tertiary/aromatic N) is 2. The minimum absolute atomic E-state index is 0.105. The second-order valence-corrected chi connectivity index (χ2v) is 5.61. The minimum atomic E-state index is -3.63. The van der Waals surface area contributed by atoms with E-state index >= 15 is 0 Å². The Morgan fingerprint density at radius 2 is 2.38 bits per heavy atom. The number of hydrogen-bond acceptors (Lipinski definition) is 4. The summed E-state index contributed by atoms with van der Waals surface area (Å²) < 4.78 is 26.2. The molecule has 1 aromatic rings. The standard InChI is InChI=1S/C9H12N4O2S/c1-6-9(5-11-12-6)16(14,15)13-8(4-10)7-2-3-7/h5,7-8,13H,2-3H2,1H3,(H,11,12). The Morgan fingerprint density at radius 3 is 2.81 bits per heavy atom. The van der Waals surface area contributed by atoms with Gasteiger partial charge in [-0.1, -0.05) is 0 Å². The lowest BCUT2D eigenvalue weighted by Crippen LogP contribution is -2.35. The van der Waals surface area contributed by atoms with Crippen molar-refractivity contribution >= 4 is 10.0 Å². The molecule has 1 aliphatic carbocycles. The van der Waals surface area contributed by atoms with Crippen molar-refractivity contribution in [3.8, 4) is 6.07 Å². The summed E-state index contributed by atoms with van der Waals surface area (Å²) in [6.07, 6.45) is 3.06. The first-order chi connectivity index (χ1) is 7.54. The van der Waals surface area contributed by atoms with Crippen molar-refractivity contribution in [2.75, 3.05) is 0 Å². The molecule has 16 heavy (non-hydrogen) atoms. The maximum atomic E-state index is 11.9. The van der Waals surface area contributed by atoms with Gasteiger partial charge in [-0.3, -0.25) is 5.10 Å². The summed E-state index contributed by atoms with van der Waals surface area (Å²) in [6, 6.07) is 1.35. The topological polar surface area (TPSA) is 98.6 Å². The second-order valence-electron chi connectivity index (χ2n) is 3.92. The summed E-state index contributed by atoms with van der Waals surface area (Å²) >= 11 is 0. The number of aromatic nitrogens is 2. The van der Waals surface area contributed by atoms with Crippen molar-refractivity contribution in [3.63, 3.8) is 0 Å². The molecule has 2 rings (SSSR count). The van der Waals surface area contributed by atoms with E-state index in [4.69, 9.17) is 5.26 Å². The quantitative estimate of drug-likeness (QED) is 0.790. The Bertz CT molecular complexity index is 524. The third-order valence-corrected chi connectivity index (χ3v) is 4.14. The average molecular weight is 240 g/mol. The van der Waals surface area contributed by atoms with Gasteiger partial charge in [-0.05, 0) is 25.7 Å². The highest BCUT2D eigenvalue weighted by Gasteiger charge is 2.35. The molecule has 6 nitrogen and oxygen atoms in total. The number of H-pyrrole nitrogens is 1. The average Bonchev–Trinajstić information content (AvgIpc) is 2.97. The molecule has 0 aromatic carbocycles. The molecule has 7 heteroatoms. The zero-order valence-electron chi connectivity index (χ0n) is 8.77. The molecular weight excluding hydrogens is 228 g/mol. The summed E-state index contributed by atoms with van der Waals surface area (Å²) in [5, 5.41) is 15.1. The van der Waals surface area contributed by atoms with Crippen molar-refractivity contribution in [2.45, 2.75) is 30.7 Å². The Balaban J connectivity index is 2.20. The fourth-order valence-corrected chi connectivity index (χ4v) is 2.85. The Morgan fingerprint density at radius 1 is 1.69 bits per heavy atom. The highest BCUT2D eigenvalue weighted by molar-refractivity contribution is 7.89. The van der Waals surface area contributed by atoms with Gasteiger partial charge in [-0.25, -0.2) is 8.42 Å². The van der Waals surface area contributed by atoms with E-state index in [-0.39, 0.29) is 10.8 Å². The molecule has 2 N–H and O–H groups in total. The first kappa shape index (κ1) is 11.1. The molecule has 1 atom stereocenters. The van der Waals surface area contributed by atoms with Crippen LogP contribution in [0.15, 0.2) is 11.1 Å². The van der Waals surface area contributed by atoms with Gasteiger partial charge in [-0.15, -0.1) is 0 Å². The first-order valence-corrected chi connectivity index (χ1v) is 6.45. The number of nitrogens with one attached hydrogen (secondary N) is 2. The Kier molecular flexibility index (Phi) is 2.69. The smallest absolute Gasteiger partial charge is 0.245 e. The lowest BCUT2D eigenvalue weighted by atomic mass is 10.2. The molecule has 86 valence electrons. The first-order valence-electron chi connectivity index (χ1n) is 4.96. The van der Waals surface area contributed by atoms with Crippen LogP contribution in [-0.2, 0) is 10.0 Å². The van der Waals surface area contributed by atoms with Crippen molar-refractivity contribution < 1.29 is 8.42 Å². The van der Waals surface area contributed by atoms with Gasteiger partial charge in [0.25, 0.3) is 0 Å². The molecule has 1 aliphatic rings. The third-order valence-electron chi connectivity index (χ3n) is 2.59. The summed E-state index contributed by atoms with van der Waals surface area (Å²) in [4.78, 5) is 0.105. The molecular formula is C9H12N4O2S. The van der Waals surface area contributed by atoms with Gasteiger partial charge in [0, 0.05) is 0 Å². The second kappa shape index (κ2) is 3.88. The molecule has 0 bridgehead atoms. The zero-order valence-corrected chi connectivity index (χ0v) is 9.58. The molecule has 0 spiro atoms. The lowest BCUT2D eigenvalue weighted by molar-refractivity contribution is 0.559. The summed E-state index contributed by atoms with van der Waals surface area (Å²) in [5.74, 6) is 0.159. The molecule has 0 amide bonds. The molecule has 0 aliphatic heterocycles. The highest BCUT2D eigenvalue weighted by Crippen LogP contribution is 2.33. The molecule has 1 aromatic heterocycles. The Labute approximate surface area is 93.7 Å². The molecule has 0 saturated heterocycles. The fourth-order valence-electron chi connectivity index (χ4n) is 1.50. The SMILES string of the molecule is Cc1[nH]ncc1S(=O)(=O)NC(C#N)C1CC1. The van der Waals surface area contributed by atoms with Crippen molar-refractivity contribution in [1.82, 2.24) is 14.9 Å². The summed E-state index contributed by atoms with van der Waals surface area (Å²) in [6.45, 7) is 1.63. The summed E-state index contributed by atoms with van der Waals surface area (Å²) in [7, 11) is -3.63. The van der Waals surface area contributed by atoms with E-state index in [1.54, 1.807) is 6.92 Å². The lowest BCUT2D eigenvalue weighted by Gasteiger charge is -2.10. The van der Waals surface area contributed by atoms with Crippen LogP contribution in [0.5, 0.6) is 0 Å². The van der Waals surface area contributed by atoms with Crippen LogP contribution in [0.4, 0.5) is 0 Å². The Hall–Kier alpha value is -1.39. The minimum Gasteiger partial charge on any atom is -0.281 e. The van der Waals surface area contributed by atoms with Crippen LogP contribution in [0.3, 0.4) is 0 Å². The number of aryl methyl sites for hydroxylation is 1. The number of rotatable bonds is 4.